The van der Waals surface area contributed by atoms with E-state index in [1.165, 1.54) is 23.1 Å². The van der Waals surface area contributed by atoms with Crippen molar-refractivity contribution in [3.05, 3.63) is 58.6 Å². The highest BCUT2D eigenvalue weighted by Crippen LogP contribution is 2.37. The summed E-state index contributed by atoms with van der Waals surface area (Å²) in [7, 11) is 0. The largest absolute Gasteiger partial charge is 0.573 e. The summed E-state index contributed by atoms with van der Waals surface area (Å²) >= 11 is 3.29. The van der Waals surface area contributed by atoms with Crippen molar-refractivity contribution in [3.8, 4) is 5.75 Å². The van der Waals surface area contributed by atoms with Crippen LogP contribution in [0.2, 0.25) is 0 Å². The first kappa shape index (κ1) is 17.5. The average molecular weight is 414 g/mol. The number of hydrogen-bond acceptors (Lipinski definition) is 3. The van der Waals surface area contributed by atoms with Gasteiger partial charge in [0.1, 0.15) is 5.75 Å². The number of halogens is 4. The second-order valence-corrected chi connectivity index (χ2v) is 6.33. The van der Waals surface area contributed by atoms with E-state index in [0.29, 0.717) is 11.3 Å². The van der Waals surface area contributed by atoms with Crippen LogP contribution in [0, 0.1) is 0 Å². The summed E-state index contributed by atoms with van der Waals surface area (Å²) in [5.74, 6) is -1.67. The normalized spacial score (nSPS) is 17.9. The summed E-state index contributed by atoms with van der Waals surface area (Å²) in [5, 5.41) is 0. The number of nitrogens with zero attached hydrogens (tertiary/aromatic N) is 1. The van der Waals surface area contributed by atoms with E-state index < -0.39 is 29.8 Å². The number of carbonyl (C=O) groups excluding carboxylic acids is 2. The van der Waals surface area contributed by atoms with Gasteiger partial charge in [0, 0.05) is 16.6 Å². The monoisotopic (exact) mass is 413 g/mol. The van der Waals surface area contributed by atoms with E-state index in [1.807, 2.05) is 0 Å². The van der Waals surface area contributed by atoms with Crippen LogP contribution in [0.25, 0.3) is 0 Å². The molecular formula is C17H11BrF3NO3. The van der Waals surface area contributed by atoms with Crippen LogP contribution in [0.5, 0.6) is 5.75 Å². The van der Waals surface area contributed by atoms with Gasteiger partial charge < -0.3 is 4.74 Å². The van der Waals surface area contributed by atoms with E-state index in [4.69, 9.17) is 0 Å². The predicted molar refractivity (Wildman–Crippen MR) is 87.1 cm³/mol. The van der Waals surface area contributed by atoms with Crippen LogP contribution in [0.3, 0.4) is 0 Å². The molecule has 0 aliphatic carbocycles. The molecule has 1 unspecified atom stereocenters. The molecule has 1 aliphatic rings. The lowest BCUT2D eigenvalue weighted by atomic mass is 10.0. The number of amides is 1. The molecule has 1 amide bonds. The molecule has 0 bridgehead atoms. The predicted octanol–water partition coefficient (Wildman–Crippen LogP) is 4.39. The third-order valence-electron chi connectivity index (χ3n) is 3.73. The van der Waals surface area contributed by atoms with Crippen molar-refractivity contribution in [2.75, 3.05) is 4.90 Å². The lowest BCUT2D eigenvalue weighted by molar-refractivity contribution is -0.274. The summed E-state index contributed by atoms with van der Waals surface area (Å²) in [5.41, 5.74) is 0.884. The molecule has 0 N–H and O–H groups in total. The Balaban J connectivity index is 1.97. The molecule has 25 heavy (non-hydrogen) atoms. The number of carbonyl (C=O) groups is 2. The van der Waals surface area contributed by atoms with Crippen molar-refractivity contribution < 1.29 is 27.5 Å². The number of ether oxygens (including phenoxy) is 1. The van der Waals surface area contributed by atoms with Gasteiger partial charge in [0.25, 0.3) is 5.91 Å². The number of Topliss-reactive ketones (excluding diaryl/α,β-unsaturated/α-hetero) is 1. The van der Waals surface area contributed by atoms with Crippen molar-refractivity contribution >= 4 is 33.3 Å². The quantitative estimate of drug-likeness (QED) is 0.700. The molecule has 0 aromatic heterocycles. The number of hydrogen-bond donors (Lipinski definition) is 0. The number of ketones is 1. The highest BCUT2D eigenvalue weighted by molar-refractivity contribution is 9.10. The van der Waals surface area contributed by atoms with Crippen molar-refractivity contribution in [2.45, 2.75) is 18.8 Å². The zero-order chi connectivity index (χ0) is 18.2. The highest BCUT2D eigenvalue weighted by atomic mass is 79.9. The Morgan fingerprint density at radius 2 is 1.76 bits per heavy atom. The first-order chi connectivity index (χ1) is 11.7. The average Bonchev–Trinajstić information content (AvgIpc) is 2.83. The van der Waals surface area contributed by atoms with Crippen molar-refractivity contribution in [3.63, 3.8) is 0 Å². The van der Waals surface area contributed by atoms with Gasteiger partial charge in [-0.3, -0.25) is 14.5 Å². The lowest BCUT2D eigenvalue weighted by Gasteiger charge is -2.24. The van der Waals surface area contributed by atoms with E-state index in [2.05, 4.69) is 20.7 Å². The zero-order valence-corrected chi connectivity index (χ0v) is 14.2. The van der Waals surface area contributed by atoms with Crippen LogP contribution in [0.15, 0.2) is 53.0 Å². The highest BCUT2D eigenvalue weighted by Gasteiger charge is 2.40. The van der Waals surface area contributed by atoms with Gasteiger partial charge in [-0.1, -0.05) is 28.1 Å². The molecule has 0 saturated carbocycles. The molecule has 2 aromatic carbocycles. The van der Waals surface area contributed by atoms with Gasteiger partial charge in [-0.25, -0.2) is 0 Å². The fraction of sp³-hybridized carbons (Fsp3) is 0.176. The van der Waals surface area contributed by atoms with Gasteiger partial charge in [0.05, 0.1) is 6.04 Å². The number of alkyl halides is 3. The molecular weight excluding hydrogens is 403 g/mol. The Kier molecular flexibility index (Phi) is 4.55. The molecule has 1 aliphatic heterocycles. The smallest absolute Gasteiger partial charge is 0.406 e. The minimum atomic E-state index is -4.81. The third kappa shape index (κ3) is 3.84. The molecule has 2 aromatic rings. The van der Waals surface area contributed by atoms with Crippen LogP contribution < -0.4 is 9.64 Å². The Hall–Kier alpha value is -2.35. The molecule has 130 valence electrons. The van der Waals surface area contributed by atoms with Crippen LogP contribution in [0.1, 0.15) is 18.0 Å². The summed E-state index contributed by atoms with van der Waals surface area (Å²) < 4.78 is 41.9. The van der Waals surface area contributed by atoms with Crippen molar-refractivity contribution in [1.82, 2.24) is 0 Å². The van der Waals surface area contributed by atoms with E-state index in [9.17, 15) is 22.8 Å². The van der Waals surface area contributed by atoms with Gasteiger partial charge in [0.15, 0.2) is 0 Å². The third-order valence-corrected chi connectivity index (χ3v) is 4.26. The molecule has 1 heterocycles. The van der Waals surface area contributed by atoms with Gasteiger partial charge in [-0.05, 0) is 42.0 Å². The van der Waals surface area contributed by atoms with E-state index in [1.54, 1.807) is 30.3 Å². The van der Waals surface area contributed by atoms with Crippen molar-refractivity contribution in [1.29, 1.82) is 0 Å². The molecule has 3 rings (SSSR count). The van der Waals surface area contributed by atoms with E-state index >= 15 is 0 Å². The summed E-state index contributed by atoms with van der Waals surface area (Å²) in [6.45, 7) is 0. The Bertz CT molecular complexity index is 821. The Morgan fingerprint density at radius 3 is 2.40 bits per heavy atom. The summed E-state index contributed by atoms with van der Waals surface area (Å²) in [6, 6.07) is 11.4. The number of benzene rings is 2. The molecule has 1 atom stereocenters. The molecule has 4 nitrogen and oxygen atoms in total. The van der Waals surface area contributed by atoms with Crippen LogP contribution in [-0.2, 0) is 9.59 Å². The van der Waals surface area contributed by atoms with E-state index in [-0.39, 0.29) is 6.42 Å². The lowest BCUT2D eigenvalue weighted by Crippen LogP contribution is -2.29. The first-order valence-corrected chi connectivity index (χ1v) is 8.01. The standard InChI is InChI=1S/C17H11BrF3NO3/c18-11-4-6-12(7-5-11)22-14(9-15(23)16(22)24)10-2-1-3-13(8-10)25-17(19,20)21/h1-8,14H,9H2. The fourth-order valence-electron chi connectivity index (χ4n) is 2.71. The maximum Gasteiger partial charge on any atom is 0.573 e. The summed E-state index contributed by atoms with van der Waals surface area (Å²) in [6.07, 6.45) is -4.92. The SMILES string of the molecule is O=C1CC(c2cccc(OC(F)(F)F)c2)N(c2ccc(Br)cc2)C1=O. The van der Waals surface area contributed by atoms with Crippen molar-refractivity contribution in [2.24, 2.45) is 0 Å². The van der Waals surface area contributed by atoms with Gasteiger partial charge in [-0.15, -0.1) is 13.2 Å². The topological polar surface area (TPSA) is 46.6 Å². The molecule has 0 radical (unpaired) electrons. The number of rotatable bonds is 3. The minimum Gasteiger partial charge on any atom is -0.406 e. The van der Waals surface area contributed by atoms with Crippen LogP contribution in [-0.4, -0.2) is 18.1 Å². The number of anilines is 1. The maximum atomic E-state index is 12.4. The second kappa shape index (κ2) is 6.51. The van der Waals surface area contributed by atoms with Gasteiger partial charge in [-0.2, -0.15) is 0 Å². The Labute approximate surface area is 149 Å². The fourth-order valence-corrected chi connectivity index (χ4v) is 2.98. The van der Waals surface area contributed by atoms with Crippen LogP contribution >= 0.6 is 15.9 Å². The van der Waals surface area contributed by atoms with E-state index in [0.717, 1.165) is 4.47 Å². The van der Waals surface area contributed by atoms with Gasteiger partial charge in [0.2, 0.25) is 5.78 Å². The zero-order valence-electron chi connectivity index (χ0n) is 12.6. The molecule has 0 spiro atoms. The molecule has 8 heteroatoms. The molecule has 1 fully saturated rings. The second-order valence-electron chi connectivity index (χ2n) is 5.41. The summed E-state index contributed by atoms with van der Waals surface area (Å²) in [4.78, 5) is 25.4. The first-order valence-electron chi connectivity index (χ1n) is 7.22. The van der Waals surface area contributed by atoms with Gasteiger partial charge >= 0.3 is 6.36 Å². The molecule has 1 saturated heterocycles. The Morgan fingerprint density at radius 1 is 1.08 bits per heavy atom. The maximum absolute atomic E-state index is 12.4. The van der Waals surface area contributed by atoms with Crippen LogP contribution in [0.4, 0.5) is 18.9 Å². The minimum absolute atomic E-state index is 0.107.